The van der Waals surface area contributed by atoms with Crippen molar-refractivity contribution in [2.75, 3.05) is 7.11 Å². The van der Waals surface area contributed by atoms with Crippen LogP contribution in [0.2, 0.25) is 0 Å². The number of aromatic nitrogens is 4. The van der Waals surface area contributed by atoms with E-state index in [1.165, 1.54) is 0 Å². The molecule has 2 aromatic heterocycles. The van der Waals surface area contributed by atoms with Crippen molar-refractivity contribution in [3.05, 3.63) is 33.3 Å². The lowest BCUT2D eigenvalue weighted by molar-refractivity contribution is -0.388. The maximum atomic E-state index is 12.8. The molecule has 0 fully saturated rings. The van der Waals surface area contributed by atoms with Crippen LogP contribution in [0.4, 0.5) is 18.9 Å². The molecule has 0 N–H and O–H groups in total. The number of halogens is 3. The molecule has 10 nitrogen and oxygen atoms in total. The fourth-order valence-electron chi connectivity index (χ4n) is 1.85. The second-order valence-corrected chi connectivity index (χ2v) is 4.54. The van der Waals surface area contributed by atoms with Gasteiger partial charge in [-0.1, -0.05) is 0 Å². The van der Waals surface area contributed by atoms with Gasteiger partial charge in [-0.05, 0) is 6.92 Å². The third kappa shape index (κ3) is 3.49. The molecular weight excluding hydrogens is 339 g/mol. The smallest absolute Gasteiger partial charge is 0.442 e. The first kappa shape index (κ1) is 17.4. The molecule has 0 atom stereocenters. The molecule has 0 aliphatic heterocycles. The third-order valence-electron chi connectivity index (χ3n) is 2.94. The molecule has 0 unspecified atom stereocenters. The summed E-state index contributed by atoms with van der Waals surface area (Å²) < 4.78 is 48.7. The third-order valence-corrected chi connectivity index (χ3v) is 2.94. The highest BCUT2D eigenvalue weighted by molar-refractivity contribution is 5.70. The standard InChI is InChI=1S/C11H10F3N5O5/c1-5-9(19(21)22)10(11(12,13)14)17-18(5)4-7-16-15-6(24-7)3-8(20)23-2/h3-4H2,1-2H3. The summed E-state index contributed by atoms with van der Waals surface area (Å²) in [7, 11) is 1.16. The number of hydrogen-bond acceptors (Lipinski definition) is 8. The van der Waals surface area contributed by atoms with E-state index in [1.807, 2.05) is 0 Å². The molecule has 0 spiro atoms. The molecule has 0 amide bonds. The Balaban J connectivity index is 2.31. The topological polar surface area (TPSA) is 126 Å². The molecule has 0 aliphatic carbocycles. The number of carbonyl (C=O) groups is 1. The highest BCUT2D eigenvalue weighted by Crippen LogP contribution is 2.37. The molecule has 13 heteroatoms. The van der Waals surface area contributed by atoms with Crippen LogP contribution in [0.15, 0.2) is 4.42 Å². The van der Waals surface area contributed by atoms with Crippen LogP contribution in [0.25, 0.3) is 0 Å². The monoisotopic (exact) mass is 349 g/mol. The van der Waals surface area contributed by atoms with Gasteiger partial charge in [-0.2, -0.15) is 18.3 Å². The molecule has 0 saturated carbocycles. The fourth-order valence-corrected chi connectivity index (χ4v) is 1.85. The minimum atomic E-state index is -4.98. The van der Waals surface area contributed by atoms with Crippen molar-refractivity contribution in [1.29, 1.82) is 0 Å². The van der Waals surface area contributed by atoms with Crippen LogP contribution in [0.5, 0.6) is 0 Å². The molecule has 0 saturated heterocycles. The second-order valence-electron chi connectivity index (χ2n) is 4.54. The zero-order valence-electron chi connectivity index (χ0n) is 12.3. The lowest BCUT2D eigenvalue weighted by atomic mass is 10.3. The van der Waals surface area contributed by atoms with Crippen molar-refractivity contribution >= 4 is 11.7 Å². The van der Waals surface area contributed by atoms with Crippen molar-refractivity contribution in [3.8, 4) is 0 Å². The minimum absolute atomic E-state index is 0.104. The molecule has 2 heterocycles. The van der Waals surface area contributed by atoms with Gasteiger partial charge in [0.25, 0.3) is 0 Å². The van der Waals surface area contributed by atoms with Gasteiger partial charge in [0.2, 0.25) is 17.5 Å². The summed E-state index contributed by atoms with van der Waals surface area (Å²) in [5.74, 6) is -0.911. The lowest BCUT2D eigenvalue weighted by Crippen LogP contribution is -2.10. The summed E-state index contributed by atoms with van der Waals surface area (Å²) in [6.07, 6.45) is -5.29. The zero-order chi connectivity index (χ0) is 18.1. The largest absolute Gasteiger partial charge is 0.469 e. The number of nitro groups is 1. The first-order chi connectivity index (χ1) is 11.1. The molecule has 0 bridgehead atoms. The number of nitrogens with zero attached hydrogens (tertiary/aromatic N) is 5. The van der Waals surface area contributed by atoms with E-state index in [9.17, 15) is 28.1 Å². The number of esters is 1. The van der Waals surface area contributed by atoms with E-state index in [4.69, 9.17) is 4.42 Å². The Labute approximate surface area is 131 Å². The Bertz CT molecular complexity index is 782. The average Bonchev–Trinajstić information content (AvgIpc) is 3.04. The van der Waals surface area contributed by atoms with Gasteiger partial charge in [0.15, 0.2) is 0 Å². The highest BCUT2D eigenvalue weighted by Gasteiger charge is 2.44. The Morgan fingerprint density at radius 2 is 2.00 bits per heavy atom. The maximum absolute atomic E-state index is 12.8. The van der Waals surface area contributed by atoms with E-state index < -0.39 is 35.0 Å². The molecule has 2 aromatic rings. The molecule has 0 aliphatic rings. The number of methoxy groups -OCH3 is 1. The van der Waals surface area contributed by atoms with Crippen LogP contribution in [0.1, 0.15) is 23.2 Å². The van der Waals surface area contributed by atoms with Crippen molar-refractivity contribution in [3.63, 3.8) is 0 Å². The van der Waals surface area contributed by atoms with Gasteiger partial charge in [-0.25, -0.2) is 0 Å². The van der Waals surface area contributed by atoms with Crippen LogP contribution in [-0.2, 0) is 28.7 Å². The van der Waals surface area contributed by atoms with Gasteiger partial charge in [0, 0.05) is 0 Å². The first-order valence-corrected chi connectivity index (χ1v) is 6.30. The van der Waals surface area contributed by atoms with E-state index >= 15 is 0 Å². The minimum Gasteiger partial charge on any atom is -0.469 e. The summed E-state index contributed by atoms with van der Waals surface area (Å²) in [6.45, 7) is 0.697. The molecular formula is C11H10F3N5O5. The van der Waals surface area contributed by atoms with Crippen LogP contribution in [-0.4, -0.2) is 38.0 Å². The SMILES string of the molecule is COC(=O)Cc1nnc(Cn2nc(C(F)(F)F)c([N+](=O)[O-])c2C)o1. The van der Waals surface area contributed by atoms with Gasteiger partial charge in [0.05, 0.1) is 12.0 Å². The predicted molar refractivity (Wildman–Crippen MR) is 67.7 cm³/mol. The predicted octanol–water partition coefficient (Wildman–Crippen LogP) is 1.27. The van der Waals surface area contributed by atoms with Crippen LogP contribution in [0.3, 0.4) is 0 Å². The summed E-state index contributed by atoms with van der Waals surface area (Å²) in [5, 5.41) is 21.2. The van der Waals surface area contributed by atoms with Crippen LogP contribution in [0, 0.1) is 17.0 Å². The van der Waals surface area contributed by atoms with E-state index in [0.717, 1.165) is 18.7 Å². The Kier molecular flexibility index (Phi) is 4.52. The van der Waals surface area contributed by atoms with Crippen molar-refractivity contribution in [2.45, 2.75) is 26.1 Å². The number of hydrogen-bond donors (Lipinski definition) is 0. The molecule has 0 aromatic carbocycles. The van der Waals surface area contributed by atoms with Crippen LogP contribution >= 0.6 is 0 Å². The molecule has 2 rings (SSSR count). The van der Waals surface area contributed by atoms with E-state index in [1.54, 1.807) is 0 Å². The Morgan fingerprint density at radius 1 is 1.38 bits per heavy atom. The molecule has 0 radical (unpaired) electrons. The van der Waals surface area contributed by atoms with Gasteiger partial charge in [-0.3, -0.25) is 19.6 Å². The average molecular weight is 349 g/mol. The van der Waals surface area contributed by atoms with Crippen molar-refractivity contribution < 1.29 is 32.0 Å². The fraction of sp³-hybridized carbons (Fsp3) is 0.455. The highest BCUT2D eigenvalue weighted by atomic mass is 19.4. The number of ether oxygens (including phenoxy) is 1. The van der Waals surface area contributed by atoms with Gasteiger partial charge in [0.1, 0.15) is 18.7 Å². The summed E-state index contributed by atoms with van der Waals surface area (Å²) in [6, 6.07) is 0. The maximum Gasteiger partial charge on any atom is 0.442 e. The Morgan fingerprint density at radius 3 is 2.50 bits per heavy atom. The van der Waals surface area contributed by atoms with E-state index in [-0.39, 0.29) is 23.9 Å². The number of rotatable bonds is 5. The van der Waals surface area contributed by atoms with Crippen LogP contribution < -0.4 is 0 Å². The Hall–Kier alpha value is -2.99. The summed E-state index contributed by atoms with van der Waals surface area (Å²) in [4.78, 5) is 20.8. The first-order valence-electron chi connectivity index (χ1n) is 6.30. The zero-order valence-corrected chi connectivity index (χ0v) is 12.3. The van der Waals surface area contributed by atoms with Crippen molar-refractivity contribution in [1.82, 2.24) is 20.0 Å². The normalized spacial score (nSPS) is 11.5. The van der Waals surface area contributed by atoms with E-state index in [2.05, 4.69) is 20.0 Å². The summed E-state index contributed by atoms with van der Waals surface area (Å²) >= 11 is 0. The number of alkyl halides is 3. The molecule has 130 valence electrons. The quantitative estimate of drug-likeness (QED) is 0.449. The lowest BCUT2D eigenvalue weighted by Gasteiger charge is -2.00. The second kappa shape index (κ2) is 6.25. The van der Waals surface area contributed by atoms with E-state index in [0.29, 0.717) is 0 Å². The van der Waals surface area contributed by atoms with Gasteiger partial charge < -0.3 is 9.15 Å². The molecule has 24 heavy (non-hydrogen) atoms. The van der Waals surface area contributed by atoms with Gasteiger partial charge >= 0.3 is 17.8 Å². The summed E-state index contributed by atoms with van der Waals surface area (Å²) in [5.41, 5.74) is -3.07. The number of carbonyl (C=O) groups excluding carboxylic acids is 1. The van der Waals surface area contributed by atoms with Gasteiger partial charge in [-0.15, -0.1) is 10.2 Å². The van der Waals surface area contributed by atoms with Crippen molar-refractivity contribution in [2.24, 2.45) is 0 Å².